The van der Waals surface area contributed by atoms with Crippen LogP contribution in [0.2, 0.25) is 0 Å². The second kappa shape index (κ2) is 10.8. The van der Waals surface area contributed by atoms with Gasteiger partial charge in [-0.15, -0.1) is 0 Å². The van der Waals surface area contributed by atoms with Gasteiger partial charge in [0.05, 0.1) is 4.90 Å². The standard InChI is InChI=1S/C24H31BrN2O4S/c1-4-18-14-20(25)15-19(5-2)24(18)26-23(28)16-31-22-10-9-21(13-17(22)3)32(29,30)27-11-7-6-8-12-27/h9-10,13-15H,4-8,11-12,16H2,1-3H3,(H,26,28). The summed E-state index contributed by atoms with van der Waals surface area (Å²) in [6.45, 7) is 6.88. The molecule has 2 aromatic carbocycles. The molecule has 174 valence electrons. The molecule has 0 unspecified atom stereocenters. The van der Waals surface area contributed by atoms with Crippen LogP contribution in [0.4, 0.5) is 5.69 Å². The quantitative estimate of drug-likeness (QED) is 0.524. The van der Waals surface area contributed by atoms with Crippen LogP contribution in [0.3, 0.4) is 0 Å². The zero-order chi connectivity index (χ0) is 23.3. The topological polar surface area (TPSA) is 75.7 Å². The first-order valence-corrected chi connectivity index (χ1v) is 13.3. The molecule has 0 aromatic heterocycles. The monoisotopic (exact) mass is 522 g/mol. The number of nitrogens with one attached hydrogen (secondary N) is 1. The molecule has 1 saturated heterocycles. The molecule has 6 nitrogen and oxygen atoms in total. The normalized spacial score (nSPS) is 14.9. The molecule has 1 heterocycles. The summed E-state index contributed by atoms with van der Waals surface area (Å²) in [6.07, 6.45) is 4.46. The van der Waals surface area contributed by atoms with Gasteiger partial charge >= 0.3 is 0 Å². The average molecular weight is 523 g/mol. The van der Waals surface area contributed by atoms with E-state index in [1.165, 1.54) is 0 Å². The van der Waals surface area contributed by atoms with Crippen molar-refractivity contribution in [3.05, 3.63) is 51.5 Å². The lowest BCUT2D eigenvalue weighted by Crippen LogP contribution is -2.35. The number of amides is 1. The Bertz CT molecular complexity index is 1050. The van der Waals surface area contributed by atoms with E-state index < -0.39 is 10.0 Å². The molecule has 1 aliphatic heterocycles. The fraction of sp³-hybridized carbons (Fsp3) is 0.458. The summed E-state index contributed by atoms with van der Waals surface area (Å²) in [6, 6.07) is 8.84. The summed E-state index contributed by atoms with van der Waals surface area (Å²) in [7, 11) is -3.50. The van der Waals surface area contributed by atoms with Crippen molar-refractivity contribution in [3.63, 3.8) is 0 Å². The van der Waals surface area contributed by atoms with E-state index >= 15 is 0 Å². The largest absolute Gasteiger partial charge is 0.483 e. The number of piperidine rings is 1. The van der Waals surface area contributed by atoms with E-state index in [1.807, 2.05) is 12.1 Å². The number of sulfonamides is 1. The number of benzene rings is 2. The molecule has 2 aromatic rings. The molecule has 0 radical (unpaired) electrons. The van der Waals surface area contributed by atoms with Gasteiger partial charge in [-0.25, -0.2) is 8.42 Å². The molecule has 1 N–H and O–H groups in total. The third-order valence-corrected chi connectivity index (χ3v) is 8.10. The third kappa shape index (κ3) is 5.71. The highest BCUT2D eigenvalue weighted by Gasteiger charge is 2.26. The maximum absolute atomic E-state index is 12.9. The van der Waals surface area contributed by atoms with Gasteiger partial charge in [0.1, 0.15) is 5.75 Å². The first-order chi connectivity index (χ1) is 15.3. The smallest absolute Gasteiger partial charge is 0.262 e. The molecule has 0 atom stereocenters. The Hall–Kier alpha value is -1.90. The van der Waals surface area contributed by atoms with Gasteiger partial charge in [-0.2, -0.15) is 4.31 Å². The number of rotatable bonds is 8. The van der Waals surface area contributed by atoms with E-state index in [1.54, 1.807) is 29.4 Å². The Morgan fingerprint density at radius 2 is 1.69 bits per heavy atom. The zero-order valence-electron chi connectivity index (χ0n) is 18.9. The van der Waals surface area contributed by atoms with Gasteiger partial charge in [0, 0.05) is 23.2 Å². The van der Waals surface area contributed by atoms with Crippen molar-refractivity contribution in [2.75, 3.05) is 25.0 Å². The molecular formula is C24H31BrN2O4S. The van der Waals surface area contributed by atoms with Crippen LogP contribution in [-0.2, 0) is 27.7 Å². The molecule has 0 bridgehead atoms. The zero-order valence-corrected chi connectivity index (χ0v) is 21.3. The summed E-state index contributed by atoms with van der Waals surface area (Å²) in [5.74, 6) is 0.251. The molecule has 0 aliphatic carbocycles. The fourth-order valence-electron chi connectivity index (χ4n) is 3.96. The molecule has 32 heavy (non-hydrogen) atoms. The highest BCUT2D eigenvalue weighted by Crippen LogP contribution is 2.28. The second-order valence-electron chi connectivity index (χ2n) is 8.04. The molecule has 1 fully saturated rings. The Morgan fingerprint density at radius 1 is 1.06 bits per heavy atom. The summed E-state index contributed by atoms with van der Waals surface area (Å²) >= 11 is 3.53. The summed E-state index contributed by atoms with van der Waals surface area (Å²) in [5, 5.41) is 2.99. The molecule has 1 amide bonds. The molecule has 0 spiro atoms. The summed E-state index contributed by atoms with van der Waals surface area (Å²) in [4.78, 5) is 12.9. The minimum atomic E-state index is -3.50. The predicted octanol–water partition coefficient (Wildman–Crippen LogP) is 5.07. The minimum absolute atomic E-state index is 0.151. The Morgan fingerprint density at radius 3 is 2.25 bits per heavy atom. The maximum atomic E-state index is 12.9. The average Bonchev–Trinajstić information content (AvgIpc) is 2.79. The van der Waals surface area contributed by atoms with Crippen LogP contribution in [0.1, 0.15) is 49.8 Å². The van der Waals surface area contributed by atoms with Gasteiger partial charge < -0.3 is 10.1 Å². The maximum Gasteiger partial charge on any atom is 0.262 e. The second-order valence-corrected chi connectivity index (χ2v) is 10.9. The van der Waals surface area contributed by atoms with Crippen molar-refractivity contribution in [2.24, 2.45) is 0 Å². The van der Waals surface area contributed by atoms with Crippen LogP contribution >= 0.6 is 15.9 Å². The fourth-order valence-corrected chi connectivity index (χ4v) is 6.12. The van der Waals surface area contributed by atoms with Gasteiger partial charge in [-0.1, -0.05) is 36.2 Å². The van der Waals surface area contributed by atoms with E-state index in [0.717, 1.165) is 53.4 Å². The van der Waals surface area contributed by atoms with Crippen LogP contribution in [0, 0.1) is 6.92 Å². The predicted molar refractivity (Wildman–Crippen MR) is 131 cm³/mol. The van der Waals surface area contributed by atoms with E-state index in [9.17, 15) is 13.2 Å². The molecular weight excluding hydrogens is 492 g/mol. The first kappa shape index (κ1) is 24.7. The minimum Gasteiger partial charge on any atom is -0.483 e. The highest BCUT2D eigenvalue weighted by molar-refractivity contribution is 9.10. The Balaban J connectivity index is 1.68. The molecule has 0 saturated carbocycles. The third-order valence-electron chi connectivity index (χ3n) is 5.75. The first-order valence-electron chi connectivity index (χ1n) is 11.1. The molecule has 8 heteroatoms. The van der Waals surface area contributed by atoms with Crippen LogP contribution in [0.15, 0.2) is 39.7 Å². The number of anilines is 1. The summed E-state index contributed by atoms with van der Waals surface area (Å²) < 4.78 is 34.0. The Labute approximate surface area is 199 Å². The van der Waals surface area contributed by atoms with E-state index in [-0.39, 0.29) is 17.4 Å². The van der Waals surface area contributed by atoms with Crippen molar-refractivity contribution in [3.8, 4) is 5.75 Å². The SMILES string of the molecule is CCc1cc(Br)cc(CC)c1NC(=O)COc1ccc(S(=O)(=O)N2CCCCC2)cc1C. The van der Waals surface area contributed by atoms with Crippen LogP contribution in [-0.4, -0.2) is 38.3 Å². The van der Waals surface area contributed by atoms with E-state index in [4.69, 9.17) is 4.74 Å². The van der Waals surface area contributed by atoms with Crippen molar-refractivity contribution in [1.29, 1.82) is 0 Å². The van der Waals surface area contributed by atoms with Gasteiger partial charge in [-0.05, 0) is 79.6 Å². The summed E-state index contributed by atoms with van der Waals surface area (Å²) in [5.41, 5.74) is 3.65. The number of carbonyl (C=O) groups excluding carboxylic acids is 1. The number of aryl methyl sites for hydroxylation is 3. The lowest BCUT2D eigenvalue weighted by atomic mass is 10.0. The number of hydrogen-bond donors (Lipinski definition) is 1. The van der Waals surface area contributed by atoms with Crippen LogP contribution in [0.5, 0.6) is 5.75 Å². The Kier molecular flexibility index (Phi) is 8.36. The van der Waals surface area contributed by atoms with Crippen molar-refractivity contribution < 1.29 is 17.9 Å². The van der Waals surface area contributed by atoms with Gasteiger partial charge in [0.25, 0.3) is 5.91 Å². The van der Waals surface area contributed by atoms with Crippen LogP contribution in [0.25, 0.3) is 0 Å². The van der Waals surface area contributed by atoms with Crippen molar-refractivity contribution in [2.45, 2.75) is 57.8 Å². The highest BCUT2D eigenvalue weighted by atomic mass is 79.9. The molecule has 1 aliphatic rings. The number of hydrogen-bond acceptors (Lipinski definition) is 4. The van der Waals surface area contributed by atoms with Gasteiger partial charge in [-0.3, -0.25) is 4.79 Å². The van der Waals surface area contributed by atoms with Crippen molar-refractivity contribution in [1.82, 2.24) is 4.31 Å². The number of carbonyl (C=O) groups is 1. The van der Waals surface area contributed by atoms with Crippen LogP contribution < -0.4 is 10.1 Å². The van der Waals surface area contributed by atoms with E-state index in [0.29, 0.717) is 24.4 Å². The number of halogens is 1. The van der Waals surface area contributed by atoms with Gasteiger partial charge in [0.15, 0.2) is 6.61 Å². The molecule has 3 rings (SSSR count). The lowest BCUT2D eigenvalue weighted by molar-refractivity contribution is -0.118. The lowest BCUT2D eigenvalue weighted by Gasteiger charge is -2.26. The number of ether oxygens (including phenoxy) is 1. The van der Waals surface area contributed by atoms with E-state index in [2.05, 4.69) is 35.1 Å². The van der Waals surface area contributed by atoms with Crippen molar-refractivity contribution >= 4 is 37.5 Å². The van der Waals surface area contributed by atoms with Gasteiger partial charge in [0.2, 0.25) is 10.0 Å². The number of nitrogens with zero attached hydrogens (tertiary/aromatic N) is 1.